The molecule has 0 aliphatic carbocycles. The van der Waals surface area contributed by atoms with E-state index in [1.54, 1.807) is 0 Å². The van der Waals surface area contributed by atoms with Crippen molar-refractivity contribution in [1.82, 2.24) is 0 Å². The number of hydrogen-bond acceptors (Lipinski definition) is 1. The lowest BCUT2D eigenvalue weighted by molar-refractivity contribution is -0.116. The van der Waals surface area contributed by atoms with Crippen LogP contribution in [0.4, 0.5) is 0 Å². The van der Waals surface area contributed by atoms with Crippen molar-refractivity contribution < 1.29 is 4.74 Å². The van der Waals surface area contributed by atoms with E-state index in [4.69, 9.17) is 4.74 Å². The van der Waals surface area contributed by atoms with Gasteiger partial charge in [0, 0.05) is 0 Å². The van der Waals surface area contributed by atoms with Crippen molar-refractivity contribution in [1.29, 1.82) is 0 Å². The molecule has 1 heteroatoms. The highest BCUT2D eigenvalue weighted by Gasteiger charge is 2.34. The van der Waals surface area contributed by atoms with Gasteiger partial charge in [0.05, 0.1) is 12.2 Å². The molecule has 0 spiro atoms. The van der Waals surface area contributed by atoms with Crippen LogP contribution < -0.4 is 0 Å². The second-order valence-electron chi connectivity index (χ2n) is 4.12. The molecule has 1 saturated heterocycles. The molecular weight excluding hydrogens is 136 g/mol. The predicted octanol–water partition coefficient (Wildman–Crippen LogP) is 2.70. The molecular formula is C10H20O. The average Bonchev–Trinajstić information content (AvgIpc) is 1.97. The number of ether oxygens (including phenoxy) is 1. The third-order valence-corrected chi connectivity index (χ3v) is 3.57. The van der Waals surface area contributed by atoms with Crippen molar-refractivity contribution >= 4 is 0 Å². The lowest BCUT2D eigenvalue weighted by Gasteiger charge is -2.41. The molecule has 1 aliphatic rings. The largest absolute Gasteiger partial charge is 0.375 e. The monoisotopic (exact) mass is 156 g/mol. The van der Waals surface area contributed by atoms with E-state index in [0.717, 1.165) is 5.92 Å². The summed E-state index contributed by atoms with van der Waals surface area (Å²) in [6.07, 6.45) is 0.882. The van der Waals surface area contributed by atoms with Crippen molar-refractivity contribution in [3.05, 3.63) is 0 Å². The van der Waals surface area contributed by atoms with E-state index in [1.807, 2.05) is 0 Å². The van der Waals surface area contributed by atoms with Crippen LogP contribution in [0.15, 0.2) is 0 Å². The van der Waals surface area contributed by atoms with Crippen molar-refractivity contribution in [2.45, 2.75) is 46.8 Å². The number of hydrogen-bond donors (Lipinski definition) is 0. The molecule has 0 aromatic carbocycles. The molecule has 0 aromatic heterocycles. The molecule has 3 unspecified atom stereocenters. The van der Waals surface area contributed by atoms with Gasteiger partial charge in [-0.3, -0.25) is 0 Å². The van der Waals surface area contributed by atoms with E-state index in [2.05, 4.69) is 34.6 Å². The standard InChI is InChI=1S/C10H20O/c1-6-7(2)9(4)11-10(5)8(6)3/h6-10H,1-5H3/t6-,7+,8?,9?,10?/m1/s1. The third-order valence-electron chi connectivity index (χ3n) is 3.57. The summed E-state index contributed by atoms with van der Waals surface area (Å²) < 4.78 is 5.78. The minimum atomic E-state index is 0.441. The van der Waals surface area contributed by atoms with Gasteiger partial charge >= 0.3 is 0 Å². The minimum absolute atomic E-state index is 0.441. The summed E-state index contributed by atoms with van der Waals surface area (Å²) >= 11 is 0. The van der Waals surface area contributed by atoms with Crippen LogP contribution in [0.5, 0.6) is 0 Å². The fourth-order valence-corrected chi connectivity index (χ4v) is 1.92. The summed E-state index contributed by atoms with van der Waals surface area (Å²) in [5.41, 5.74) is 0. The number of rotatable bonds is 0. The maximum Gasteiger partial charge on any atom is 0.0578 e. The van der Waals surface area contributed by atoms with Crippen molar-refractivity contribution in [3.8, 4) is 0 Å². The zero-order chi connectivity index (χ0) is 8.59. The summed E-state index contributed by atoms with van der Waals surface area (Å²) in [5, 5.41) is 0. The van der Waals surface area contributed by atoms with E-state index in [1.165, 1.54) is 0 Å². The van der Waals surface area contributed by atoms with E-state index in [-0.39, 0.29) is 0 Å². The Hall–Kier alpha value is -0.0400. The second-order valence-corrected chi connectivity index (χ2v) is 4.12. The molecule has 11 heavy (non-hydrogen) atoms. The van der Waals surface area contributed by atoms with Crippen LogP contribution in [0, 0.1) is 17.8 Å². The van der Waals surface area contributed by atoms with Gasteiger partial charge < -0.3 is 4.74 Å². The van der Waals surface area contributed by atoms with Crippen LogP contribution in [0.1, 0.15) is 34.6 Å². The molecule has 1 rings (SSSR count). The Balaban J connectivity index is 2.63. The van der Waals surface area contributed by atoms with Crippen LogP contribution in [0.25, 0.3) is 0 Å². The van der Waals surface area contributed by atoms with Gasteiger partial charge in [0.1, 0.15) is 0 Å². The lowest BCUT2D eigenvalue weighted by Crippen LogP contribution is -2.41. The van der Waals surface area contributed by atoms with Gasteiger partial charge in [-0.05, 0) is 31.6 Å². The Bertz CT molecular complexity index is 119. The van der Waals surface area contributed by atoms with Gasteiger partial charge in [0.25, 0.3) is 0 Å². The normalized spacial score (nSPS) is 52.6. The first-order chi connectivity index (χ1) is 5.04. The first-order valence-corrected chi connectivity index (χ1v) is 4.69. The van der Waals surface area contributed by atoms with E-state index in [9.17, 15) is 0 Å². The Kier molecular flexibility index (Phi) is 2.58. The van der Waals surface area contributed by atoms with Crippen LogP contribution >= 0.6 is 0 Å². The van der Waals surface area contributed by atoms with Crippen molar-refractivity contribution in [2.75, 3.05) is 0 Å². The quantitative estimate of drug-likeness (QED) is 0.524. The smallest absolute Gasteiger partial charge is 0.0578 e. The summed E-state index contributed by atoms with van der Waals surface area (Å²) in [7, 11) is 0. The molecule has 0 amide bonds. The molecule has 0 aromatic rings. The first kappa shape index (κ1) is 9.05. The molecule has 1 heterocycles. The van der Waals surface area contributed by atoms with Crippen LogP contribution in [-0.2, 0) is 4.74 Å². The molecule has 0 N–H and O–H groups in total. The molecule has 0 bridgehead atoms. The summed E-state index contributed by atoms with van der Waals surface area (Å²) in [6.45, 7) is 11.3. The lowest BCUT2D eigenvalue weighted by atomic mass is 9.77. The highest BCUT2D eigenvalue weighted by molar-refractivity contribution is 4.81. The average molecular weight is 156 g/mol. The summed E-state index contributed by atoms with van der Waals surface area (Å²) in [6, 6.07) is 0. The Labute approximate surface area is 70.1 Å². The van der Waals surface area contributed by atoms with Gasteiger partial charge in [-0.15, -0.1) is 0 Å². The van der Waals surface area contributed by atoms with Crippen molar-refractivity contribution in [2.24, 2.45) is 17.8 Å². The summed E-state index contributed by atoms with van der Waals surface area (Å²) in [5.74, 6) is 2.22. The van der Waals surface area contributed by atoms with Crippen LogP contribution in [0.2, 0.25) is 0 Å². The Morgan fingerprint density at radius 3 is 1.36 bits per heavy atom. The van der Waals surface area contributed by atoms with Gasteiger partial charge in [-0.1, -0.05) is 20.8 Å². The maximum absolute atomic E-state index is 5.78. The van der Waals surface area contributed by atoms with Crippen LogP contribution in [0.3, 0.4) is 0 Å². The fraction of sp³-hybridized carbons (Fsp3) is 1.00. The predicted molar refractivity (Wildman–Crippen MR) is 47.5 cm³/mol. The van der Waals surface area contributed by atoms with E-state index < -0.39 is 0 Å². The summed E-state index contributed by atoms with van der Waals surface area (Å²) in [4.78, 5) is 0. The molecule has 5 atom stereocenters. The molecule has 1 fully saturated rings. The first-order valence-electron chi connectivity index (χ1n) is 4.69. The van der Waals surface area contributed by atoms with Crippen molar-refractivity contribution in [3.63, 3.8) is 0 Å². The Morgan fingerprint density at radius 1 is 0.636 bits per heavy atom. The zero-order valence-electron chi connectivity index (χ0n) is 8.29. The van der Waals surface area contributed by atoms with Gasteiger partial charge in [-0.2, -0.15) is 0 Å². The Morgan fingerprint density at radius 2 is 1.00 bits per heavy atom. The van der Waals surface area contributed by atoms with Crippen LogP contribution in [-0.4, -0.2) is 12.2 Å². The van der Waals surface area contributed by atoms with E-state index >= 15 is 0 Å². The third kappa shape index (κ3) is 1.58. The van der Waals surface area contributed by atoms with E-state index in [0.29, 0.717) is 24.0 Å². The molecule has 66 valence electrons. The second kappa shape index (κ2) is 3.14. The zero-order valence-corrected chi connectivity index (χ0v) is 8.29. The minimum Gasteiger partial charge on any atom is -0.375 e. The van der Waals surface area contributed by atoms with Gasteiger partial charge in [0.15, 0.2) is 0 Å². The fourth-order valence-electron chi connectivity index (χ4n) is 1.92. The highest BCUT2D eigenvalue weighted by atomic mass is 16.5. The molecule has 0 radical (unpaired) electrons. The van der Waals surface area contributed by atoms with Gasteiger partial charge in [0.2, 0.25) is 0 Å². The molecule has 1 aliphatic heterocycles. The highest BCUT2D eigenvalue weighted by Crippen LogP contribution is 2.34. The molecule has 0 saturated carbocycles. The topological polar surface area (TPSA) is 9.23 Å². The van der Waals surface area contributed by atoms with Gasteiger partial charge in [-0.25, -0.2) is 0 Å². The SMILES string of the molecule is CC1OC(C)[C@@H](C)[C@@H](C)C1C. The maximum atomic E-state index is 5.78. The molecule has 1 nitrogen and oxygen atoms in total.